The molecule has 3 rings (SSSR count). The zero-order valence-corrected chi connectivity index (χ0v) is 15.2. The molecule has 7 nitrogen and oxygen atoms in total. The Labute approximate surface area is 151 Å². The molecule has 25 heavy (non-hydrogen) atoms. The van der Waals surface area contributed by atoms with E-state index in [9.17, 15) is 4.79 Å². The van der Waals surface area contributed by atoms with Gasteiger partial charge in [-0.2, -0.15) is 0 Å². The highest BCUT2D eigenvalue weighted by atomic mass is 32.1. The number of ether oxygens (including phenoxy) is 2. The molecule has 2 aromatic rings. The minimum absolute atomic E-state index is 0.0113. The van der Waals surface area contributed by atoms with Crippen LogP contribution in [-0.4, -0.2) is 47.3 Å². The summed E-state index contributed by atoms with van der Waals surface area (Å²) >= 11 is 1.43. The van der Waals surface area contributed by atoms with Crippen LogP contribution in [0.3, 0.4) is 0 Å². The number of anilines is 1. The predicted octanol–water partition coefficient (Wildman–Crippen LogP) is 2.55. The fourth-order valence-corrected chi connectivity index (χ4v) is 3.64. The van der Waals surface area contributed by atoms with Crippen LogP contribution in [0.25, 0.3) is 0 Å². The molecular formula is C17H22N4O3S. The van der Waals surface area contributed by atoms with Crippen molar-refractivity contribution in [2.24, 2.45) is 0 Å². The summed E-state index contributed by atoms with van der Waals surface area (Å²) in [5.41, 5.74) is 0.771. The van der Waals surface area contributed by atoms with Gasteiger partial charge in [-0.25, -0.2) is 0 Å². The Morgan fingerprint density at radius 3 is 2.88 bits per heavy atom. The van der Waals surface area contributed by atoms with Gasteiger partial charge in [0.25, 0.3) is 5.19 Å². The number of likely N-dealkylation sites (tertiary alicyclic amines) is 1. The first-order valence-electron chi connectivity index (χ1n) is 8.33. The van der Waals surface area contributed by atoms with Crippen LogP contribution in [0, 0.1) is 0 Å². The summed E-state index contributed by atoms with van der Waals surface area (Å²) in [5, 5.41) is 12.6. The summed E-state index contributed by atoms with van der Waals surface area (Å²) in [7, 11) is 1.62. The van der Waals surface area contributed by atoms with E-state index < -0.39 is 0 Å². The fraction of sp³-hybridized carbons (Fsp3) is 0.471. The van der Waals surface area contributed by atoms with Crippen LogP contribution < -0.4 is 14.8 Å². The van der Waals surface area contributed by atoms with E-state index in [0.717, 1.165) is 35.8 Å². The van der Waals surface area contributed by atoms with Crippen LogP contribution in [0.5, 0.6) is 10.9 Å². The molecule has 1 N–H and O–H groups in total. The van der Waals surface area contributed by atoms with Crippen molar-refractivity contribution < 1.29 is 14.3 Å². The van der Waals surface area contributed by atoms with Gasteiger partial charge in [-0.3, -0.25) is 9.69 Å². The van der Waals surface area contributed by atoms with Crippen molar-refractivity contribution in [2.45, 2.75) is 32.4 Å². The zero-order chi connectivity index (χ0) is 17.6. The van der Waals surface area contributed by atoms with E-state index >= 15 is 0 Å². The Bertz CT molecular complexity index is 704. The first-order chi connectivity index (χ1) is 12.2. The predicted molar refractivity (Wildman–Crippen MR) is 96.1 cm³/mol. The Morgan fingerprint density at radius 1 is 1.36 bits per heavy atom. The molecular weight excluding hydrogens is 340 g/mol. The van der Waals surface area contributed by atoms with Gasteiger partial charge in [0, 0.05) is 5.69 Å². The van der Waals surface area contributed by atoms with Crippen molar-refractivity contribution in [3.05, 3.63) is 29.3 Å². The second-order valence-corrected chi connectivity index (χ2v) is 6.77. The molecule has 0 unspecified atom stereocenters. The molecule has 1 aromatic heterocycles. The van der Waals surface area contributed by atoms with Gasteiger partial charge in [0.1, 0.15) is 10.8 Å². The van der Waals surface area contributed by atoms with Crippen LogP contribution in [0.1, 0.15) is 24.8 Å². The number of nitrogens with zero attached hydrogens (tertiary/aromatic N) is 3. The van der Waals surface area contributed by atoms with Crippen molar-refractivity contribution in [1.82, 2.24) is 15.1 Å². The molecule has 0 spiro atoms. The molecule has 1 aliphatic heterocycles. The highest BCUT2D eigenvalue weighted by Crippen LogP contribution is 2.25. The number of methoxy groups -OCH3 is 1. The van der Waals surface area contributed by atoms with E-state index in [-0.39, 0.29) is 11.9 Å². The number of hydrogen-bond acceptors (Lipinski definition) is 7. The van der Waals surface area contributed by atoms with E-state index in [0.29, 0.717) is 18.3 Å². The molecule has 0 saturated carbocycles. The maximum Gasteiger partial charge on any atom is 0.294 e. The molecule has 1 aliphatic rings. The Balaban J connectivity index is 1.60. The molecule has 1 amide bonds. The zero-order valence-electron chi connectivity index (χ0n) is 14.4. The summed E-state index contributed by atoms with van der Waals surface area (Å²) in [6.07, 6.45) is 1.84. The van der Waals surface area contributed by atoms with E-state index in [1.165, 1.54) is 11.3 Å². The number of rotatable bonds is 7. The van der Waals surface area contributed by atoms with Gasteiger partial charge < -0.3 is 14.8 Å². The van der Waals surface area contributed by atoms with Gasteiger partial charge in [0.2, 0.25) is 5.91 Å². The molecule has 0 radical (unpaired) electrons. The summed E-state index contributed by atoms with van der Waals surface area (Å²) < 4.78 is 10.5. The second kappa shape index (κ2) is 8.26. The summed E-state index contributed by atoms with van der Waals surface area (Å²) in [6, 6.07) is 7.20. The molecule has 1 aromatic carbocycles. The number of nitrogens with one attached hydrogen (secondary N) is 1. The van der Waals surface area contributed by atoms with Gasteiger partial charge in [-0.1, -0.05) is 11.3 Å². The van der Waals surface area contributed by atoms with E-state index in [1.54, 1.807) is 7.11 Å². The van der Waals surface area contributed by atoms with Crippen LogP contribution in [0.2, 0.25) is 0 Å². The third-order valence-electron chi connectivity index (χ3n) is 4.08. The number of amides is 1. The number of hydrogen-bond donors (Lipinski definition) is 1. The third-order valence-corrected chi connectivity index (χ3v) is 4.90. The molecule has 134 valence electrons. The average molecular weight is 362 g/mol. The lowest BCUT2D eigenvalue weighted by Gasteiger charge is -2.22. The van der Waals surface area contributed by atoms with Gasteiger partial charge >= 0.3 is 0 Å². The van der Waals surface area contributed by atoms with Gasteiger partial charge in [0.05, 0.1) is 26.3 Å². The van der Waals surface area contributed by atoms with Gasteiger partial charge in [-0.05, 0) is 50.6 Å². The minimum atomic E-state index is -0.151. The van der Waals surface area contributed by atoms with Crippen molar-refractivity contribution in [3.63, 3.8) is 0 Å². The number of benzene rings is 1. The lowest BCUT2D eigenvalue weighted by molar-refractivity contribution is -0.120. The molecule has 1 atom stereocenters. The maximum atomic E-state index is 12.6. The Hall–Kier alpha value is -2.19. The van der Waals surface area contributed by atoms with Crippen LogP contribution in [-0.2, 0) is 11.3 Å². The normalized spacial score (nSPS) is 17.4. The smallest absolute Gasteiger partial charge is 0.294 e. The largest absolute Gasteiger partial charge is 0.497 e. The second-order valence-electron chi connectivity index (χ2n) is 5.74. The summed E-state index contributed by atoms with van der Waals surface area (Å²) in [4.78, 5) is 14.8. The molecule has 0 bridgehead atoms. The van der Waals surface area contributed by atoms with Crippen molar-refractivity contribution >= 4 is 22.9 Å². The number of aromatic nitrogens is 2. The third kappa shape index (κ3) is 4.46. The highest BCUT2D eigenvalue weighted by molar-refractivity contribution is 7.13. The number of carbonyl (C=O) groups is 1. The molecule has 2 heterocycles. The molecule has 1 saturated heterocycles. The molecule has 8 heteroatoms. The van der Waals surface area contributed by atoms with Crippen molar-refractivity contribution in [1.29, 1.82) is 0 Å². The van der Waals surface area contributed by atoms with Crippen LogP contribution in [0.15, 0.2) is 24.3 Å². The van der Waals surface area contributed by atoms with Crippen LogP contribution >= 0.6 is 11.3 Å². The SMILES string of the molecule is CCOc1nnc(CN2CCC[C@H]2C(=O)Nc2ccc(OC)cc2)s1. The Kier molecular flexibility index (Phi) is 5.83. The van der Waals surface area contributed by atoms with Crippen LogP contribution in [0.4, 0.5) is 5.69 Å². The standard InChI is InChI=1S/C17H22N4O3S/c1-3-24-17-20-19-15(25-17)11-21-10-4-5-14(21)16(22)18-12-6-8-13(23-2)9-7-12/h6-9,14H,3-5,10-11H2,1-2H3,(H,18,22)/t14-/m0/s1. The number of carbonyl (C=O) groups excluding carboxylic acids is 1. The van der Waals surface area contributed by atoms with Gasteiger partial charge in [0.15, 0.2) is 0 Å². The van der Waals surface area contributed by atoms with Crippen molar-refractivity contribution in [2.75, 3.05) is 25.6 Å². The van der Waals surface area contributed by atoms with E-state index in [1.807, 2.05) is 31.2 Å². The van der Waals surface area contributed by atoms with E-state index in [4.69, 9.17) is 9.47 Å². The molecule has 0 aliphatic carbocycles. The maximum absolute atomic E-state index is 12.6. The minimum Gasteiger partial charge on any atom is -0.497 e. The summed E-state index contributed by atoms with van der Waals surface area (Å²) in [6.45, 7) is 3.99. The van der Waals surface area contributed by atoms with Crippen molar-refractivity contribution in [3.8, 4) is 10.9 Å². The van der Waals surface area contributed by atoms with Gasteiger partial charge in [-0.15, -0.1) is 10.2 Å². The fourth-order valence-electron chi connectivity index (χ4n) is 2.87. The highest BCUT2D eigenvalue weighted by Gasteiger charge is 2.31. The average Bonchev–Trinajstić information content (AvgIpc) is 3.26. The monoisotopic (exact) mass is 362 g/mol. The van der Waals surface area contributed by atoms with E-state index in [2.05, 4.69) is 20.4 Å². The lowest BCUT2D eigenvalue weighted by Crippen LogP contribution is -2.39. The molecule has 1 fully saturated rings. The summed E-state index contributed by atoms with van der Waals surface area (Å²) in [5.74, 6) is 0.777. The first-order valence-corrected chi connectivity index (χ1v) is 9.15. The first kappa shape index (κ1) is 17.6. The topological polar surface area (TPSA) is 76.6 Å². The quantitative estimate of drug-likeness (QED) is 0.816. The Morgan fingerprint density at radius 2 is 2.16 bits per heavy atom. The lowest BCUT2D eigenvalue weighted by atomic mass is 10.2.